The highest BCUT2D eigenvalue weighted by Crippen LogP contribution is 2.45. The van der Waals surface area contributed by atoms with Gasteiger partial charge in [-0.3, -0.25) is 25.0 Å². The van der Waals surface area contributed by atoms with Crippen molar-refractivity contribution in [3.05, 3.63) is 102 Å². The molecule has 0 unspecified atom stereocenters. The number of thiazole rings is 1. The van der Waals surface area contributed by atoms with E-state index in [2.05, 4.69) is 4.98 Å². The molecule has 36 heavy (non-hydrogen) atoms. The fourth-order valence-electron chi connectivity index (χ4n) is 4.80. The van der Waals surface area contributed by atoms with Gasteiger partial charge in [0.25, 0.3) is 17.3 Å². The van der Waals surface area contributed by atoms with Crippen molar-refractivity contribution in [2.45, 2.75) is 32.2 Å². The van der Waals surface area contributed by atoms with Gasteiger partial charge in [-0.15, -0.1) is 11.3 Å². The minimum absolute atomic E-state index is 0.0172. The minimum Gasteiger partial charge on any atom is -0.266 e. The lowest BCUT2D eigenvalue weighted by molar-refractivity contribution is -0.385. The second kappa shape index (κ2) is 9.42. The number of nitrogens with zero attached hydrogens (tertiary/aromatic N) is 5. The van der Waals surface area contributed by atoms with Gasteiger partial charge in [-0.1, -0.05) is 12.1 Å². The molecule has 0 spiro atoms. The number of nitro benzene ring substituents is 2. The molecule has 1 amide bonds. The predicted molar refractivity (Wildman–Crippen MR) is 135 cm³/mol. The summed E-state index contributed by atoms with van der Waals surface area (Å²) in [6, 6.07) is 12.2. The van der Waals surface area contributed by atoms with E-state index in [1.54, 1.807) is 36.7 Å². The van der Waals surface area contributed by atoms with Crippen LogP contribution in [0.1, 0.15) is 51.8 Å². The highest BCUT2D eigenvalue weighted by atomic mass is 32.1. The lowest BCUT2D eigenvalue weighted by Gasteiger charge is -2.29. The summed E-state index contributed by atoms with van der Waals surface area (Å²) in [4.78, 5) is 39.6. The molecule has 0 bridgehead atoms. The zero-order valence-electron chi connectivity index (χ0n) is 19.2. The Morgan fingerprint density at radius 1 is 1.06 bits per heavy atom. The summed E-state index contributed by atoms with van der Waals surface area (Å²) in [7, 11) is 0. The molecule has 1 aliphatic carbocycles. The van der Waals surface area contributed by atoms with Crippen molar-refractivity contribution in [2.24, 2.45) is 11.0 Å². The number of amides is 1. The van der Waals surface area contributed by atoms with Gasteiger partial charge in [0.1, 0.15) is 4.88 Å². The van der Waals surface area contributed by atoms with Crippen LogP contribution >= 0.6 is 11.3 Å². The Balaban J connectivity index is 1.55. The molecule has 2 heterocycles. The van der Waals surface area contributed by atoms with Crippen molar-refractivity contribution in [1.82, 2.24) is 9.99 Å². The summed E-state index contributed by atoms with van der Waals surface area (Å²) >= 11 is 1.26. The maximum Gasteiger partial charge on any atom is 0.286 e. The number of rotatable bonds is 5. The Labute approximate surface area is 209 Å². The van der Waals surface area contributed by atoms with Crippen molar-refractivity contribution in [3.63, 3.8) is 0 Å². The van der Waals surface area contributed by atoms with E-state index in [4.69, 9.17) is 5.10 Å². The van der Waals surface area contributed by atoms with Crippen molar-refractivity contribution >= 4 is 40.4 Å². The lowest BCUT2D eigenvalue weighted by atomic mass is 9.77. The van der Waals surface area contributed by atoms with Crippen molar-refractivity contribution in [2.75, 3.05) is 0 Å². The molecular weight excluding hydrogens is 482 g/mol. The number of benzene rings is 2. The highest BCUT2D eigenvalue weighted by molar-refractivity contribution is 7.11. The van der Waals surface area contributed by atoms with E-state index in [1.165, 1.54) is 40.6 Å². The summed E-state index contributed by atoms with van der Waals surface area (Å²) in [6.07, 6.45) is 4.42. The molecule has 10 nitrogen and oxygen atoms in total. The van der Waals surface area contributed by atoms with Gasteiger partial charge in [0.2, 0.25) is 0 Å². The van der Waals surface area contributed by atoms with Crippen LogP contribution in [0, 0.1) is 33.1 Å². The first-order chi connectivity index (χ1) is 17.3. The van der Waals surface area contributed by atoms with Gasteiger partial charge in [-0.2, -0.15) is 5.10 Å². The van der Waals surface area contributed by atoms with Crippen LogP contribution in [0.5, 0.6) is 0 Å². The summed E-state index contributed by atoms with van der Waals surface area (Å²) in [6.45, 7) is 1.78. The van der Waals surface area contributed by atoms with Crippen LogP contribution < -0.4 is 0 Å². The number of fused-ring (bicyclic) bond motifs is 1. The van der Waals surface area contributed by atoms with Crippen LogP contribution in [-0.2, 0) is 0 Å². The van der Waals surface area contributed by atoms with E-state index in [9.17, 15) is 25.0 Å². The Morgan fingerprint density at radius 2 is 1.69 bits per heavy atom. The number of non-ortho nitro benzene ring substituents is 2. The zero-order chi connectivity index (χ0) is 25.4. The summed E-state index contributed by atoms with van der Waals surface area (Å²) in [5, 5.41) is 28.5. The molecule has 0 radical (unpaired) electrons. The first-order valence-corrected chi connectivity index (χ1v) is 12.2. The second-order valence-electron chi connectivity index (χ2n) is 8.71. The summed E-state index contributed by atoms with van der Waals surface area (Å²) < 4.78 is 0. The van der Waals surface area contributed by atoms with Gasteiger partial charge in [0.05, 0.1) is 32.8 Å². The molecule has 0 N–H and O–H groups in total. The number of hydrazone groups is 1. The second-order valence-corrected chi connectivity index (χ2v) is 9.57. The van der Waals surface area contributed by atoms with Crippen LogP contribution in [0.15, 0.2) is 64.7 Å². The van der Waals surface area contributed by atoms with Gasteiger partial charge in [0, 0.05) is 30.2 Å². The van der Waals surface area contributed by atoms with Crippen LogP contribution in [-0.4, -0.2) is 31.5 Å². The van der Waals surface area contributed by atoms with Crippen molar-refractivity contribution in [1.29, 1.82) is 0 Å². The summed E-state index contributed by atoms with van der Waals surface area (Å²) in [5.74, 6) is -0.336. The average molecular weight is 504 g/mol. The quantitative estimate of drug-likeness (QED) is 0.324. The third-order valence-electron chi connectivity index (χ3n) is 6.54. The Bertz CT molecular complexity index is 1410. The molecule has 1 saturated carbocycles. The van der Waals surface area contributed by atoms with Crippen LogP contribution in [0.25, 0.3) is 6.08 Å². The monoisotopic (exact) mass is 503 g/mol. The maximum atomic E-state index is 13.6. The topological polar surface area (TPSA) is 132 Å². The normalized spacial score (nSPS) is 20.2. The molecule has 182 valence electrons. The number of hydrogen-bond donors (Lipinski definition) is 0. The molecule has 2 aromatic carbocycles. The van der Waals surface area contributed by atoms with Gasteiger partial charge in [-0.25, -0.2) is 9.99 Å². The average Bonchev–Trinajstić information content (AvgIpc) is 3.48. The first-order valence-electron chi connectivity index (χ1n) is 11.4. The molecule has 2 atom stereocenters. The van der Waals surface area contributed by atoms with Crippen LogP contribution in [0.3, 0.4) is 0 Å². The molecule has 1 aromatic heterocycles. The molecule has 5 rings (SSSR count). The summed E-state index contributed by atoms with van der Waals surface area (Å²) in [5.41, 5.74) is 5.62. The van der Waals surface area contributed by atoms with Crippen molar-refractivity contribution in [3.8, 4) is 0 Å². The Morgan fingerprint density at radius 3 is 2.28 bits per heavy atom. The predicted octanol–water partition coefficient (Wildman–Crippen LogP) is 5.70. The van der Waals surface area contributed by atoms with Gasteiger partial charge in [-0.05, 0) is 61.1 Å². The number of allylic oxidation sites excluding steroid dienone is 1. The van der Waals surface area contributed by atoms with Gasteiger partial charge in [0.15, 0.2) is 0 Å². The molecule has 3 aromatic rings. The third-order valence-corrected chi connectivity index (χ3v) is 7.46. The molecule has 1 aliphatic heterocycles. The van der Waals surface area contributed by atoms with E-state index >= 15 is 0 Å². The largest absolute Gasteiger partial charge is 0.286 e. The fourth-order valence-corrected chi connectivity index (χ4v) is 5.53. The van der Waals surface area contributed by atoms with Crippen LogP contribution in [0.4, 0.5) is 11.4 Å². The van der Waals surface area contributed by atoms with Gasteiger partial charge < -0.3 is 0 Å². The van der Waals surface area contributed by atoms with E-state index in [1.807, 2.05) is 6.08 Å². The van der Waals surface area contributed by atoms with E-state index in [-0.39, 0.29) is 23.2 Å². The van der Waals surface area contributed by atoms with Crippen molar-refractivity contribution < 1.29 is 14.6 Å². The fraction of sp³-hybridized carbons (Fsp3) is 0.240. The molecule has 2 aliphatic rings. The van der Waals surface area contributed by atoms with E-state index in [0.717, 1.165) is 41.7 Å². The highest BCUT2D eigenvalue weighted by Gasteiger charge is 2.44. The molecule has 1 fully saturated rings. The maximum absolute atomic E-state index is 13.6. The SMILES string of the molecule is Cc1ncsc1C(=O)N1N=C2/C(=C/c3ccc([N+](=O)[O-])cc3)CCC[C@@H]2[C@H]1c1ccc([N+](=O)[O-])cc1. The molecule has 11 heteroatoms. The molecular formula is C25H21N5O5S. The van der Waals surface area contributed by atoms with Gasteiger partial charge >= 0.3 is 0 Å². The van der Waals surface area contributed by atoms with E-state index < -0.39 is 15.9 Å². The van der Waals surface area contributed by atoms with E-state index in [0.29, 0.717) is 10.6 Å². The minimum atomic E-state index is -0.449. The van der Waals surface area contributed by atoms with Crippen LogP contribution in [0.2, 0.25) is 0 Å². The first kappa shape index (κ1) is 23.5. The lowest BCUT2D eigenvalue weighted by Crippen LogP contribution is -2.31. The zero-order valence-corrected chi connectivity index (χ0v) is 20.1. The standard InChI is InChI=1S/C25H21N5O5S/c1-15-24(36-14-26-15)25(31)28-23(17-7-11-20(12-8-17)30(34)35)21-4-2-3-18(22(21)27-28)13-16-5-9-19(10-6-16)29(32)33/h5-14,21,23H,2-4H2,1H3/b18-13+/t21-,23+/m0/s1. The number of aryl methyl sites for hydroxylation is 1. The Kier molecular flexibility index (Phi) is 6.15. The number of aromatic nitrogens is 1. The molecule has 0 saturated heterocycles. The number of nitro groups is 2. The number of carbonyl (C=O) groups excluding carboxylic acids is 1. The number of hydrogen-bond acceptors (Lipinski definition) is 8. The Hall–Kier alpha value is -4.25. The number of carbonyl (C=O) groups is 1. The third kappa shape index (κ3) is 4.29. The smallest absolute Gasteiger partial charge is 0.266 e.